The van der Waals surface area contributed by atoms with Gasteiger partial charge in [0, 0.05) is 26.6 Å². The first kappa shape index (κ1) is 15.5. The first-order chi connectivity index (χ1) is 10.1. The molecule has 1 heterocycles. The SMILES string of the molecule is CC(=O)N1CCCC(C(=O)NCC(O)c2ccccc2)C1. The van der Waals surface area contributed by atoms with Crippen LogP contribution in [0.4, 0.5) is 0 Å². The molecule has 1 aromatic rings. The first-order valence-electron chi connectivity index (χ1n) is 7.34. The van der Waals surface area contributed by atoms with Gasteiger partial charge in [0.1, 0.15) is 0 Å². The highest BCUT2D eigenvalue weighted by Crippen LogP contribution is 2.17. The molecule has 2 rings (SSSR count). The number of aliphatic hydroxyl groups excluding tert-OH is 1. The van der Waals surface area contributed by atoms with Crippen LogP contribution in [-0.2, 0) is 9.59 Å². The number of benzene rings is 1. The minimum absolute atomic E-state index is 0.0109. The van der Waals surface area contributed by atoms with Crippen LogP contribution in [0.2, 0.25) is 0 Å². The van der Waals surface area contributed by atoms with Crippen molar-refractivity contribution in [3.8, 4) is 0 Å². The molecular weight excluding hydrogens is 268 g/mol. The van der Waals surface area contributed by atoms with E-state index in [0.717, 1.165) is 24.9 Å². The molecule has 2 unspecified atom stereocenters. The quantitative estimate of drug-likeness (QED) is 0.872. The van der Waals surface area contributed by atoms with Gasteiger partial charge in [-0.3, -0.25) is 9.59 Å². The highest BCUT2D eigenvalue weighted by Gasteiger charge is 2.27. The van der Waals surface area contributed by atoms with E-state index in [1.165, 1.54) is 6.92 Å². The molecule has 2 amide bonds. The molecule has 0 aliphatic carbocycles. The standard InChI is InChI=1S/C16H22N2O3/c1-12(19)18-9-5-8-14(11-18)16(21)17-10-15(20)13-6-3-2-4-7-13/h2-4,6-7,14-15,20H,5,8-11H2,1H3,(H,17,21). The number of hydrogen-bond acceptors (Lipinski definition) is 3. The summed E-state index contributed by atoms with van der Waals surface area (Å²) < 4.78 is 0. The Labute approximate surface area is 125 Å². The maximum absolute atomic E-state index is 12.1. The molecule has 0 radical (unpaired) electrons. The first-order valence-corrected chi connectivity index (χ1v) is 7.34. The summed E-state index contributed by atoms with van der Waals surface area (Å²) in [6.45, 7) is 2.92. The number of nitrogens with zero attached hydrogens (tertiary/aromatic N) is 1. The van der Waals surface area contributed by atoms with E-state index in [-0.39, 0.29) is 24.3 Å². The van der Waals surface area contributed by atoms with Crippen LogP contribution in [0.3, 0.4) is 0 Å². The number of nitrogens with one attached hydrogen (secondary N) is 1. The normalized spacial score (nSPS) is 19.9. The maximum atomic E-state index is 12.1. The highest BCUT2D eigenvalue weighted by molar-refractivity contribution is 5.80. The molecule has 1 aliphatic heterocycles. The van der Waals surface area contributed by atoms with Gasteiger partial charge in [0.05, 0.1) is 12.0 Å². The van der Waals surface area contributed by atoms with Gasteiger partial charge in [0.25, 0.3) is 0 Å². The highest BCUT2D eigenvalue weighted by atomic mass is 16.3. The van der Waals surface area contributed by atoms with E-state index in [1.807, 2.05) is 30.3 Å². The van der Waals surface area contributed by atoms with Crippen LogP contribution >= 0.6 is 0 Å². The minimum Gasteiger partial charge on any atom is -0.387 e. The Bertz CT molecular complexity index is 490. The Morgan fingerprint density at radius 3 is 2.76 bits per heavy atom. The van der Waals surface area contributed by atoms with Crippen LogP contribution in [0.15, 0.2) is 30.3 Å². The molecule has 0 spiro atoms. The molecule has 0 bridgehead atoms. The summed E-state index contributed by atoms with van der Waals surface area (Å²) in [6, 6.07) is 9.25. The van der Waals surface area contributed by atoms with Crippen molar-refractivity contribution in [2.75, 3.05) is 19.6 Å². The summed E-state index contributed by atoms with van der Waals surface area (Å²) in [7, 11) is 0. The Balaban J connectivity index is 1.83. The summed E-state index contributed by atoms with van der Waals surface area (Å²) in [6.07, 6.45) is 0.929. The second-order valence-corrected chi connectivity index (χ2v) is 5.48. The van der Waals surface area contributed by atoms with Crippen molar-refractivity contribution < 1.29 is 14.7 Å². The van der Waals surface area contributed by atoms with E-state index < -0.39 is 6.10 Å². The van der Waals surface area contributed by atoms with E-state index in [0.29, 0.717) is 6.54 Å². The van der Waals surface area contributed by atoms with Crippen molar-refractivity contribution in [3.63, 3.8) is 0 Å². The van der Waals surface area contributed by atoms with Gasteiger partial charge < -0.3 is 15.3 Å². The molecule has 1 aromatic carbocycles. The molecule has 5 heteroatoms. The third kappa shape index (κ3) is 4.29. The Hall–Kier alpha value is -1.88. The lowest BCUT2D eigenvalue weighted by Crippen LogP contribution is -2.45. The number of carbonyl (C=O) groups is 2. The lowest BCUT2D eigenvalue weighted by molar-refractivity contribution is -0.134. The van der Waals surface area contributed by atoms with Crippen molar-refractivity contribution in [1.82, 2.24) is 10.2 Å². The summed E-state index contributed by atoms with van der Waals surface area (Å²) in [4.78, 5) is 25.2. The lowest BCUT2D eigenvalue weighted by Gasteiger charge is -2.31. The van der Waals surface area contributed by atoms with Crippen LogP contribution in [0, 0.1) is 5.92 Å². The van der Waals surface area contributed by atoms with E-state index in [2.05, 4.69) is 5.32 Å². The summed E-state index contributed by atoms with van der Waals surface area (Å²) in [5, 5.41) is 12.8. The smallest absolute Gasteiger partial charge is 0.225 e. The summed E-state index contributed by atoms with van der Waals surface area (Å²) in [5.74, 6) is -0.252. The van der Waals surface area contributed by atoms with Gasteiger partial charge in [0.2, 0.25) is 11.8 Å². The number of piperidine rings is 1. The average molecular weight is 290 g/mol. The molecule has 21 heavy (non-hydrogen) atoms. The largest absolute Gasteiger partial charge is 0.387 e. The number of carbonyl (C=O) groups excluding carboxylic acids is 2. The molecule has 1 aliphatic rings. The van der Waals surface area contributed by atoms with Crippen LogP contribution < -0.4 is 5.32 Å². The van der Waals surface area contributed by atoms with Gasteiger partial charge in [0.15, 0.2) is 0 Å². The van der Waals surface area contributed by atoms with Gasteiger partial charge >= 0.3 is 0 Å². The molecular formula is C16H22N2O3. The van der Waals surface area contributed by atoms with Crippen LogP contribution in [0.25, 0.3) is 0 Å². The average Bonchev–Trinajstić information content (AvgIpc) is 2.53. The molecule has 2 N–H and O–H groups in total. The predicted octanol–water partition coefficient (Wildman–Crippen LogP) is 1.09. The molecule has 5 nitrogen and oxygen atoms in total. The Morgan fingerprint density at radius 2 is 2.10 bits per heavy atom. The number of rotatable bonds is 4. The van der Waals surface area contributed by atoms with Gasteiger partial charge in [-0.05, 0) is 18.4 Å². The fourth-order valence-corrected chi connectivity index (χ4v) is 2.61. The summed E-state index contributed by atoms with van der Waals surface area (Å²) >= 11 is 0. The number of amides is 2. The number of likely N-dealkylation sites (tertiary alicyclic amines) is 1. The molecule has 0 aromatic heterocycles. The van der Waals surface area contributed by atoms with Gasteiger partial charge in [-0.15, -0.1) is 0 Å². The molecule has 0 saturated carbocycles. The van der Waals surface area contributed by atoms with E-state index in [9.17, 15) is 14.7 Å². The lowest BCUT2D eigenvalue weighted by atomic mass is 9.97. The van der Waals surface area contributed by atoms with Crippen molar-refractivity contribution >= 4 is 11.8 Å². The van der Waals surface area contributed by atoms with E-state index >= 15 is 0 Å². The van der Waals surface area contributed by atoms with Crippen LogP contribution in [0.1, 0.15) is 31.4 Å². The third-order valence-electron chi connectivity index (χ3n) is 3.89. The van der Waals surface area contributed by atoms with Gasteiger partial charge in [-0.25, -0.2) is 0 Å². The Kier molecular flexibility index (Phi) is 5.33. The third-order valence-corrected chi connectivity index (χ3v) is 3.89. The zero-order valence-corrected chi connectivity index (χ0v) is 12.3. The van der Waals surface area contributed by atoms with Crippen LogP contribution in [0.5, 0.6) is 0 Å². The van der Waals surface area contributed by atoms with Crippen LogP contribution in [-0.4, -0.2) is 41.5 Å². The zero-order chi connectivity index (χ0) is 15.2. The molecule has 1 saturated heterocycles. The second-order valence-electron chi connectivity index (χ2n) is 5.48. The van der Waals surface area contributed by atoms with Gasteiger partial charge in [-0.1, -0.05) is 30.3 Å². The number of hydrogen-bond donors (Lipinski definition) is 2. The minimum atomic E-state index is -0.706. The van der Waals surface area contributed by atoms with E-state index in [1.54, 1.807) is 4.90 Å². The molecule has 114 valence electrons. The fourth-order valence-electron chi connectivity index (χ4n) is 2.61. The van der Waals surface area contributed by atoms with Crippen molar-refractivity contribution in [3.05, 3.63) is 35.9 Å². The van der Waals surface area contributed by atoms with Gasteiger partial charge in [-0.2, -0.15) is 0 Å². The molecule has 1 fully saturated rings. The predicted molar refractivity (Wildman–Crippen MR) is 79.4 cm³/mol. The zero-order valence-electron chi connectivity index (χ0n) is 12.3. The summed E-state index contributed by atoms with van der Waals surface area (Å²) in [5.41, 5.74) is 0.784. The topological polar surface area (TPSA) is 69.6 Å². The number of aliphatic hydroxyl groups is 1. The second kappa shape index (κ2) is 7.22. The van der Waals surface area contributed by atoms with E-state index in [4.69, 9.17) is 0 Å². The Morgan fingerprint density at radius 1 is 1.38 bits per heavy atom. The fraction of sp³-hybridized carbons (Fsp3) is 0.500. The monoisotopic (exact) mass is 290 g/mol. The maximum Gasteiger partial charge on any atom is 0.225 e. The molecule has 2 atom stereocenters. The van der Waals surface area contributed by atoms with Crippen molar-refractivity contribution in [1.29, 1.82) is 0 Å². The van der Waals surface area contributed by atoms with Crippen molar-refractivity contribution in [2.45, 2.75) is 25.9 Å². The van der Waals surface area contributed by atoms with Crippen molar-refractivity contribution in [2.24, 2.45) is 5.92 Å².